The predicted molar refractivity (Wildman–Crippen MR) is 78.3 cm³/mol. The summed E-state index contributed by atoms with van der Waals surface area (Å²) in [5, 5.41) is 5.15. The average Bonchev–Trinajstić information content (AvgIpc) is 2.73. The fraction of sp³-hybridized carbons (Fsp3) is 0.333. The number of H-pyrrole nitrogens is 1. The van der Waals surface area contributed by atoms with Crippen molar-refractivity contribution in [3.05, 3.63) is 35.5 Å². The molecule has 1 aromatic carbocycles. The molecule has 0 saturated heterocycles. The van der Waals surface area contributed by atoms with Gasteiger partial charge in [0.2, 0.25) is 5.91 Å². The van der Waals surface area contributed by atoms with Crippen LogP contribution in [-0.2, 0) is 4.79 Å². The molecule has 4 heteroatoms. The molecule has 0 aliphatic carbocycles. The second-order valence-electron chi connectivity index (χ2n) is 4.61. The van der Waals surface area contributed by atoms with Crippen molar-refractivity contribution in [3.63, 3.8) is 0 Å². The number of unbranched alkanes of at least 4 members (excludes halogenated alkanes) is 1. The third-order valence-corrected chi connectivity index (χ3v) is 3.08. The fourth-order valence-corrected chi connectivity index (χ4v) is 2.03. The Morgan fingerprint density at radius 1 is 1.42 bits per heavy atom. The number of carbonyl (C=O) groups excluding carboxylic acids is 1. The maximum Gasteiger partial charge on any atom is 0.240 e. The number of benzene rings is 1. The minimum Gasteiger partial charge on any atom is -0.358 e. The molecule has 2 aromatic rings. The Morgan fingerprint density at radius 2 is 2.21 bits per heavy atom. The summed E-state index contributed by atoms with van der Waals surface area (Å²) in [6, 6.07) is 8.05. The normalized spacial score (nSPS) is 11.3. The van der Waals surface area contributed by atoms with Crippen LogP contribution in [0.2, 0.25) is 0 Å². The minimum atomic E-state index is -0.0319. The second kappa shape index (κ2) is 6.18. The summed E-state index contributed by atoms with van der Waals surface area (Å²) in [7, 11) is 0. The summed E-state index contributed by atoms with van der Waals surface area (Å²) in [6.07, 6.45) is 4.14. The number of aromatic amines is 1. The van der Waals surface area contributed by atoms with Gasteiger partial charge < -0.3 is 4.98 Å². The number of rotatable bonds is 5. The maximum absolute atomic E-state index is 11.4. The van der Waals surface area contributed by atoms with E-state index in [1.54, 1.807) is 6.21 Å². The Hall–Kier alpha value is -2.10. The van der Waals surface area contributed by atoms with Gasteiger partial charge in [0.15, 0.2) is 0 Å². The Labute approximate surface area is 112 Å². The first-order valence-corrected chi connectivity index (χ1v) is 6.61. The van der Waals surface area contributed by atoms with Crippen LogP contribution in [0.4, 0.5) is 0 Å². The molecule has 0 aliphatic rings. The fourth-order valence-electron chi connectivity index (χ4n) is 2.03. The highest BCUT2D eigenvalue weighted by Crippen LogP contribution is 2.19. The molecule has 0 spiro atoms. The van der Waals surface area contributed by atoms with Crippen molar-refractivity contribution >= 4 is 23.0 Å². The van der Waals surface area contributed by atoms with E-state index in [1.165, 1.54) is 0 Å². The molecule has 0 aliphatic heterocycles. The molecule has 19 heavy (non-hydrogen) atoms. The van der Waals surface area contributed by atoms with E-state index >= 15 is 0 Å². The SMILES string of the molecule is CCCCC(=O)N/N=C/c1c(C)[nH]c2ccccc12. The number of hydrogen-bond donors (Lipinski definition) is 2. The Bertz CT molecular complexity index is 598. The van der Waals surface area contributed by atoms with Crippen LogP contribution in [-0.4, -0.2) is 17.1 Å². The number of hydrazone groups is 1. The van der Waals surface area contributed by atoms with Gasteiger partial charge >= 0.3 is 0 Å². The van der Waals surface area contributed by atoms with E-state index in [-0.39, 0.29) is 5.91 Å². The molecule has 0 radical (unpaired) electrons. The highest BCUT2D eigenvalue weighted by molar-refractivity contribution is 6.00. The number of fused-ring (bicyclic) bond motifs is 1. The first-order chi connectivity index (χ1) is 9.22. The molecule has 0 saturated carbocycles. The van der Waals surface area contributed by atoms with E-state index in [0.717, 1.165) is 35.0 Å². The summed E-state index contributed by atoms with van der Waals surface area (Å²) in [6.45, 7) is 4.06. The zero-order chi connectivity index (χ0) is 13.7. The van der Waals surface area contributed by atoms with E-state index in [1.807, 2.05) is 31.2 Å². The molecular weight excluding hydrogens is 238 g/mol. The van der Waals surface area contributed by atoms with Crippen molar-refractivity contribution in [1.82, 2.24) is 10.4 Å². The van der Waals surface area contributed by atoms with Gasteiger partial charge in [0.05, 0.1) is 6.21 Å². The van der Waals surface area contributed by atoms with Crippen molar-refractivity contribution in [2.75, 3.05) is 0 Å². The number of nitrogens with zero attached hydrogens (tertiary/aromatic N) is 1. The lowest BCUT2D eigenvalue weighted by atomic mass is 10.1. The number of nitrogens with one attached hydrogen (secondary N) is 2. The maximum atomic E-state index is 11.4. The summed E-state index contributed by atoms with van der Waals surface area (Å²) < 4.78 is 0. The highest BCUT2D eigenvalue weighted by Gasteiger charge is 2.05. The quantitative estimate of drug-likeness (QED) is 0.627. The van der Waals surface area contributed by atoms with Crippen LogP contribution in [0, 0.1) is 6.92 Å². The van der Waals surface area contributed by atoms with Gasteiger partial charge in [-0.05, 0) is 19.4 Å². The van der Waals surface area contributed by atoms with Crippen LogP contribution in [0.15, 0.2) is 29.4 Å². The van der Waals surface area contributed by atoms with Crippen molar-refractivity contribution in [2.24, 2.45) is 5.10 Å². The summed E-state index contributed by atoms with van der Waals surface area (Å²) in [4.78, 5) is 14.7. The molecule has 1 heterocycles. The summed E-state index contributed by atoms with van der Waals surface area (Å²) >= 11 is 0. The Kier molecular flexibility index (Phi) is 4.34. The van der Waals surface area contributed by atoms with Gasteiger partial charge in [-0.15, -0.1) is 0 Å². The smallest absolute Gasteiger partial charge is 0.240 e. The second-order valence-corrected chi connectivity index (χ2v) is 4.61. The van der Waals surface area contributed by atoms with Crippen LogP contribution in [0.25, 0.3) is 10.9 Å². The number of aromatic nitrogens is 1. The molecule has 2 rings (SSSR count). The number of amides is 1. The van der Waals surface area contributed by atoms with Crippen LogP contribution >= 0.6 is 0 Å². The average molecular weight is 257 g/mol. The van der Waals surface area contributed by atoms with Crippen LogP contribution in [0.5, 0.6) is 0 Å². The monoisotopic (exact) mass is 257 g/mol. The van der Waals surface area contributed by atoms with Gasteiger partial charge in [0.25, 0.3) is 0 Å². The summed E-state index contributed by atoms with van der Waals surface area (Å²) in [5.41, 5.74) is 5.72. The predicted octanol–water partition coefficient (Wildman–Crippen LogP) is 3.12. The third-order valence-electron chi connectivity index (χ3n) is 3.08. The highest BCUT2D eigenvalue weighted by atomic mass is 16.2. The number of hydrogen-bond acceptors (Lipinski definition) is 2. The van der Waals surface area contributed by atoms with Gasteiger partial charge in [0.1, 0.15) is 0 Å². The van der Waals surface area contributed by atoms with Gasteiger partial charge in [0, 0.05) is 28.6 Å². The van der Waals surface area contributed by atoms with E-state index in [9.17, 15) is 4.79 Å². The van der Waals surface area contributed by atoms with E-state index < -0.39 is 0 Å². The lowest BCUT2D eigenvalue weighted by molar-refractivity contribution is -0.121. The molecule has 0 atom stereocenters. The van der Waals surface area contributed by atoms with Crippen molar-refractivity contribution < 1.29 is 4.79 Å². The zero-order valence-corrected chi connectivity index (χ0v) is 11.4. The molecule has 0 unspecified atom stereocenters. The lowest BCUT2D eigenvalue weighted by Gasteiger charge is -1.97. The van der Waals surface area contributed by atoms with Crippen LogP contribution < -0.4 is 5.43 Å². The first-order valence-electron chi connectivity index (χ1n) is 6.61. The van der Waals surface area contributed by atoms with E-state index in [2.05, 4.69) is 22.4 Å². The van der Waals surface area contributed by atoms with E-state index in [4.69, 9.17) is 0 Å². The molecule has 0 fully saturated rings. The zero-order valence-electron chi connectivity index (χ0n) is 11.4. The largest absolute Gasteiger partial charge is 0.358 e. The molecular formula is C15H19N3O. The van der Waals surface area contributed by atoms with E-state index in [0.29, 0.717) is 6.42 Å². The molecule has 1 amide bonds. The van der Waals surface area contributed by atoms with Gasteiger partial charge in [-0.1, -0.05) is 31.5 Å². The summed E-state index contributed by atoms with van der Waals surface area (Å²) in [5.74, 6) is -0.0319. The first kappa shape index (κ1) is 13.3. The molecule has 1 aromatic heterocycles. The van der Waals surface area contributed by atoms with Gasteiger partial charge in [-0.2, -0.15) is 5.10 Å². The molecule has 0 bridgehead atoms. The topological polar surface area (TPSA) is 57.2 Å². The van der Waals surface area contributed by atoms with Crippen molar-refractivity contribution in [2.45, 2.75) is 33.1 Å². The Balaban J connectivity index is 2.08. The van der Waals surface area contributed by atoms with Crippen molar-refractivity contribution in [3.8, 4) is 0 Å². The Morgan fingerprint density at radius 3 is 3.00 bits per heavy atom. The number of para-hydroxylation sites is 1. The van der Waals surface area contributed by atoms with Crippen LogP contribution in [0.1, 0.15) is 37.4 Å². The van der Waals surface area contributed by atoms with Gasteiger partial charge in [-0.3, -0.25) is 4.79 Å². The standard InChI is InChI=1S/C15H19N3O/c1-3-4-9-15(19)18-16-10-13-11(2)17-14-8-6-5-7-12(13)14/h5-8,10,17H,3-4,9H2,1-2H3,(H,18,19)/b16-10+. The van der Waals surface area contributed by atoms with Gasteiger partial charge in [-0.25, -0.2) is 5.43 Å². The van der Waals surface area contributed by atoms with Crippen LogP contribution in [0.3, 0.4) is 0 Å². The molecule has 100 valence electrons. The lowest BCUT2D eigenvalue weighted by Crippen LogP contribution is -2.16. The third kappa shape index (κ3) is 3.22. The van der Waals surface area contributed by atoms with Crippen molar-refractivity contribution in [1.29, 1.82) is 0 Å². The molecule has 2 N–H and O–H groups in total. The minimum absolute atomic E-state index is 0.0319. The number of carbonyl (C=O) groups is 1. The molecule has 4 nitrogen and oxygen atoms in total. The number of aryl methyl sites for hydroxylation is 1.